The van der Waals surface area contributed by atoms with Crippen LogP contribution < -0.4 is 0 Å². The number of carbonyl (C=O) groups is 1. The smallest absolute Gasteiger partial charge is 0.196 e. The van der Waals surface area contributed by atoms with E-state index in [1.54, 1.807) is 23.5 Å². The molecule has 0 amide bonds. The van der Waals surface area contributed by atoms with Crippen LogP contribution in [-0.2, 0) is 7.05 Å². The summed E-state index contributed by atoms with van der Waals surface area (Å²) in [5.74, 6) is 2.29. The van der Waals surface area contributed by atoms with Crippen molar-refractivity contribution in [1.29, 1.82) is 0 Å². The molecular weight excluding hydrogens is 276 g/mol. The molecule has 17 heavy (non-hydrogen) atoms. The van der Waals surface area contributed by atoms with E-state index >= 15 is 0 Å². The maximum Gasteiger partial charge on any atom is 0.196 e. The Kier molecular flexibility index (Phi) is 4.44. The molecule has 0 saturated carbocycles. The Bertz CT molecular complexity index is 402. The highest BCUT2D eigenvalue weighted by Crippen LogP contribution is 2.36. The van der Waals surface area contributed by atoms with Crippen LogP contribution in [-0.4, -0.2) is 37.6 Å². The van der Waals surface area contributed by atoms with E-state index in [4.69, 9.17) is 11.6 Å². The molecule has 1 aliphatic rings. The average molecular weight is 291 g/mol. The van der Waals surface area contributed by atoms with Crippen molar-refractivity contribution in [2.45, 2.75) is 23.8 Å². The van der Waals surface area contributed by atoms with Crippen LogP contribution in [0.15, 0.2) is 6.20 Å². The molecule has 1 fully saturated rings. The fourth-order valence-corrected chi connectivity index (χ4v) is 5.23. The normalized spacial score (nSPS) is 24.9. The van der Waals surface area contributed by atoms with Crippen LogP contribution in [0.25, 0.3) is 0 Å². The second-order valence-corrected chi connectivity index (χ2v) is 6.94. The van der Waals surface area contributed by atoms with Crippen molar-refractivity contribution in [1.82, 2.24) is 9.78 Å². The van der Waals surface area contributed by atoms with Gasteiger partial charge in [-0.25, -0.2) is 0 Å². The lowest BCUT2D eigenvalue weighted by Crippen LogP contribution is -2.34. The number of aromatic nitrogens is 2. The quantitative estimate of drug-likeness (QED) is 0.802. The zero-order valence-corrected chi connectivity index (χ0v) is 12.2. The molecule has 3 nitrogen and oxygen atoms in total. The average Bonchev–Trinajstić information content (AvgIpc) is 2.68. The van der Waals surface area contributed by atoms with Gasteiger partial charge in [0.1, 0.15) is 5.69 Å². The van der Waals surface area contributed by atoms with Crippen LogP contribution in [0.4, 0.5) is 0 Å². The highest BCUT2D eigenvalue weighted by Gasteiger charge is 2.34. The predicted molar refractivity (Wildman–Crippen MR) is 75.3 cm³/mol. The van der Waals surface area contributed by atoms with Crippen molar-refractivity contribution in [3.63, 3.8) is 0 Å². The van der Waals surface area contributed by atoms with Crippen molar-refractivity contribution >= 4 is 40.9 Å². The van der Waals surface area contributed by atoms with Crippen LogP contribution in [0.5, 0.6) is 0 Å². The number of nitrogens with zero attached hydrogens (tertiary/aromatic N) is 2. The van der Waals surface area contributed by atoms with Crippen molar-refractivity contribution < 1.29 is 4.79 Å². The molecule has 94 valence electrons. The minimum atomic E-state index is 0.0200. The van der Waals surface area contributed by atoms with E-state index in [0.29, 0.717) is 16.0 Å². The summed E-state index contributed by atoms with van der Waals surface area (Å²) >= 11 is 9.67. The number of thioether (sulfide) groups is 2. The minimum Gasteiger partial charge on any atom is -0.291 e. The first-order valence-electron chi connectivity index (χ1n) is 5.60. The van der Waals surface area contributed by atoms with E-state index in [1.807, 2.05) is 11.8 Å². The highest BCUT2D eigenvalue weighted by molar-refractivity contribution is 8.07. The first-order chi connectivity index (χ1) is 8.15. The van der Waals surface area contributed by atoms with Crippen LogP contribution in [0.1, 0.15) is 23.8 Å². The highest BCUT2D eigenvalue weighted by atomic mass is 35.5. The van der Waals surface area contributed by atoms with E-state index < -0.39 is 0 Å². The van der Waals surface area contributed by atoms with Crippen LogP contribution in [0, 0.1) is 0 Å². The Balaban J connectivity index is 2.24. The van der Waals surface area contributed by atoms with Crippen LogP contribution in [0.3, 0.4) is 0 Å². The van der Waals surface area contributed by atoms with Gasteiger partial charge in [0.15, 0.2) is 5.78 Å². The standard InChI is InChI=1S/C11H15ClN2OS2/c1-3-8-11(17-5-4-16-8)10(15)9-7(12)6-13-14(9)2/h6,8,11H,3-5H2,1-2H3. The van der Waals surface area contributed by atoms with Gasteiger partial charge in [-0.1, -0.05) is 18.5 Å². The molecule has 0 bridgehead atoms. The van der Waals surface area contributed by atoms with E-state index in [-0.39, 0.29) is 11.0 Å². The topological polar surface area (TPSA) is 34.9 Å². The maximum atomic E-state index is 12.5. The van der Waals surface area contributed by atoms with E-state index in [2.05, 4.69) is 12.0 Å². The van der Waals surface area contributed by atoms with Gasteiger partial charge in [0.2, 0.25) is 0 Å². The molecular formula is C11H15ClN2OS2. The van der Waals surface area contributed by atoms with Crippen molar-refractivity contribution in [3.8, 4) is 0 Å². The molecule has 2 heterocycles. The third-order valence-electron chi connectivity index (χ3n) is 2.84. The number of Topliss-reactive ketones (excluding diaryl/α,β-unsaturated/α-hetero) is 1. The van der Waals surface area contributed by atoms with E-state index in [1.165, 1.54) is 6.20 Å². The Morgan fingerprint density at radius 2 is 2.29 bits per heavy atom. The summed E-state index contributed by atoms with van der Waals surface area (Å²) < 4.78 is 1.58. The number of aryl methyl sites for hydroxylation is 1. The van der Waals surface area contributed by atoms with Gasteiger partial charge < -0.3 is 0 Å². The molecule has 2 rings (SSSR count). The van der Waals surface area contributed by atoms with Crippen LogP contribution >= 0.6 is 35.1 Å². The van der Waals surface area contributed by atoms with Gasteiger partial charge in [-0.2, -0.15) is 16.9 Å². The van der Waals surface area contributed by atoms with Gasteiger partial charge in [-0.3, -0.25) is 9.48 Å². The molecule has 0 spiro atoms. The number of halogens is 1. The summed E-state index contributed by atoms with van der Waals surface area (Å²) in [7, 11) is 1.76. The zero-order chi connectivity index (χ0) is 12.4. The Morgan fingerprint density at radius 3 is 2.88 bits per heavy atom. The number of hydrogen-bond acceptors (Lipinski definition) is 4. The van der Waals surface area contributed by atoms with Gasteiger partial charge in [-0.05, 0) is 6.42 Å². The largest absolute Gasteiger partial charge is 0.291 e. The third kappa shape index (κ3) is 2.66. The Labute approximate surface area is 115 Å². The fourth-order valence-electron chi connectivity index (χ4n) is 1.97. The third-order valence-corrected chi connectivity index (χ3v) is 6.36. The molecule has 2 unspecified atom stereocenters. The number of ketones is 1. The summed E-state index contributed by atoms with van der Waals surface area (Å²) in [5, 5.41) is 4.91. The summed E-state index contributed by atoms with van der Waals surface area (Å²) in [4.78, 5) is 12.5. The second-order valence-electron chi connectivity index (χ2n) is 3.94. The Morgan fingerprint density at radius 1 is 1.59 bits per heavy atom. The monoisotopic (exact) mass is 290 g/mol. The van der Waals surface area contributed by atoms with Crippen molar-refractivity contribution in [2.24, 2.45) is 7.05 Å². The summed E-state index contributed by atoms with van der Waals surface area (Å²) in [6.45, 7) is 2.13. The lowest BCUT2D eigenvalue weighted by atomic mass is 10.1. The number of hydrogen-bond donors (Lipinski definition) is 0. The van der Waals surface area contributed by atoms with Crippen molar-refractivity contribution in [2.75, 3.05) is 11.5 Å². The summed E-state index contributed by atoms with van der Waals surface area (Å²) in [5.41, 5.74) is 0.546. The molecule has 1 aromatic heterocycles. The molecule has 0 radical (unpaired) electrons. The summed E-state index contributed by atoms with van der Waals surface area (Å²) in [6, 6.07) is 0. The second kappa shape index (κ2) is 5.67. The predicted octanol–water partition coefficient (Wildman–Crippen LogP) is 2.88. The number of carbonyl (C=O) groups excluding carboxylic acids is 1. The van der Waals surface area contributed by atoms with Gasteiger partial charge in [0, 0.05) is 23.8 Å². The van der Waals surface area contributed by atoms with Gasteiger partial charge in [0.25, 0.3) is 0 Å². The maximum absolute atomic E-state index is 12.5. The van der Waals surface area contributed by atoms with Gasteiger partial charge in [0.05, 0.1) is 16.5 Å². The zero-order valence-electron chi connectivity index (χ0n) is 9.85. The molecule has 0 N–H and O–H groups in total. The molecule has 1 saturated heterocycles. The van der Waals surface area contributed by atoms with Crippen molar-refractivity contribution in [3.05, 3.63) is 16.9 Å². The molecule has 0 aromatic carbocycles. The van der Waals surface area contributed by atoms with Gasteiger partial charge >= 0.3 is 0 Å². The van der Waals surface area contributed by atoms with Crippen LogP contribution in [0.2, 0.25) is 5.02 Å². The molecule has 2 atom stereocenters. The molecule has 6 heteroatoms. The summed E-state index contributed by atoms with van der Waals surface area (Å²) in [6.07, 6.45) is 2.56. The van der Waals surface area contributed by atoms with Gasteiger partial charge in [-0.15, -0.1) is 11.8 Å². The fraction of sp³-hybridized carbons (Fsp3) is 0.636. The first-order valence-corrected chi connectivity index (χ1v) is 8.07. The SMILES string of the molecule is CCC1SCCSC1C(=O)c1c(Cl)cnn1C. The first kappa shape index (κ1) is 13.3. The minimum absolute atomic E-state index is 0.0200. The lowest BCUT2D eigenvalue weighted by Gasteiger charge is -2.28. The lowest BCUT2D eigenvalue weighted by molar-refractivity contribution is 0.0979. The van der Waals surface area contributed by atoms with E-state index in [9.17, 15) is 4.79 Å². The number of rotatable bonds is 3. The Hall–Kier alpha value is -0.130. The van der Waals surface area contributed by atoms with E-state index in [0.717, 1.165) is 17.9 Å². The molecule has 1 aromatic rings. The molecule has 0 aliphatic carbocycles. The molecule has 1 aliphatic heterocycles.